The lowest BCUT2D eigenvalue weighted by atomic mass is 9.99. The number of hydrogen-bond donors (Lipinski definition) is 4. The van der Waals surface area contributed by atoms with Crippen LogP contribution in [0, 0.1) is 0 Å². The predicted molar refractivity (Wildman–Crippen MR) is 233 cm³/mol. The molecule has 1 aliphatic heterocycles. The molecule has 58 heavy (non-hydrogen) atoms. The molecule has 0 spiro atoms. The first-order chi connectivity index (χ1) is 28.3. The second kappa shape index (κ2) is 39.6. The maximum absolute atomic E-state index is 12.8. The predicted octanol–water partition coefficient (Wildman–Crippen LogP) is 10.7. The topological polar surface area (TPSA) is 152 Å². The van der Waals surface area contributed by atoms with Crippen LogP contribution in [0.1, 0.15) is 226 Å². The molecule has 10 nitrogen and oxygen atoms in total. The lowest BCUT2D eigenvalue weighted by Gasteiger charge is -2.39. The van der Waals surface area contributed by atoms with E-state index in [1.807, 2.05) is 0 Å². The van der Waals surface area contributed by atoms with Crippen molar-refractivity contribution in [1.29, 1.82) is 0 Å². The highest BCUT2D eigenvalue weighted by Gasteiger charge is 2.44. The standard InChI is InChI=1S/C48H90O10/c1-3-5-7-9-11-13-15-16-17-18-19-20-21-22-23-24-25-26-27-29-31-33-35-37-44(51)57-41(40-56-48-47(54)46(53)45(52)42(38-49)58-48)39-55-43(50)36-34-32-30-28-14-12-10-8-6-4-2/h29,31,41-42,45-49,52-54H,3-28,30,32-40H2,1-2H3/b31-29+/t41-,42-,45+,46?,47?,48-/m1/s1. The molecule has 0 aliphatic carbocycles. The molecule has 4 N–H and O–H groups in total. The third kappa shape index (κ3) is 30.5. The number of aliphatic hydroxyl groups is 4. The van der Waals surface area contributed by atoms with Crippen LogP contribution in [0.15, 0.2) is 12.2 Å². The maximum Gasteiger partial charge on any atom is 0.306 e. The minimum Gasteiger partial charge on any atom is -0.462 e. The Labute approximate surface area is 354 Å². The van der Waals surface area contributed by atoms with Gasteiger partial charge in [-0.1, -0.05) is 193 Å². The third-order valence-corrected chi connectivity index (χ3v) is 11.4. The van der Waals surface area contributed by atoms with Gasteiger partial charge in [0.1, 0.15) is 31.0 Å². The number of carbonyl (C=O) groups is 2. The second-order valence-corrected chi connectivity index (χ2v) is 16.9. The first-order valence-electron chi connectivity index (χ1n) is 24.3. The SMILES string of the molecule is CCCCCCCCCCCCCCCCCCCC/C=C/CCCC(=O)O[C@H](COC(=O)CCCCCCCCCCCC)CO[C@@H]1O[C@H](CO)[C@H](O)C(O)C1O. The summed E-state index contributed by atoms with van der Waals surface area (Å²) in [6, 6.07) is 0. The van der Waals surface area contributed by atoms with Gasteiger partial charge in [-0.15, -0.1) is 0 Å². The van der Waals surface area contributed by atoms with Gasteiger partial charge >= 0.3 is 11.9 Å². The molecule has 2 unspecified atom stereocenters. The smallest absolute Gasteiger partial charge is 0.306 e. The van der Waals surface area contributed by atoms with Crippen LogP contribution in [-0.4, -0.2) is 89.0 Å². The fourth-order valence-corrected chi connectivity index (χ4v) is 7.55. The molecule has 0 aromatic rings. The molecule has 1 aliphatic rings. The molecule has 10 heteroatoms. The molecule has 0 bridgehead atoms. The van der Waals surface area contributed by atoms with Gasteiger partial charge in [-0.2, -0.15) is 0 Å². The van der Waals surface area contributed by atoms with Crippen molar-refractivity contribution in [2.75, 3.05) is 19.8 Å². The summed E-state index contributed by atoms with van der Waals surface area (Å²) in [5.74, 6) is -0.835. The molecule has 0 saturated carbocycles. The number of esters is 2. The van der Waals surface area contributed by atoms with E-state index in [9.17, 15) is 30.0 Å². The van der Waals surface area contributed by atoms with Gasteiger partial charge in [0.15, 0.2) is 12.4 Å². The molecule has 1 heterocycles. The van der Waals surface area contributed by atoms with Crippen LogP contribution in [0.4, 0.5) is 0 Å². The average Bonchev–Trinajstić information content (AvgIpc) is 3.22. The second-order valence-electron chi connectivity index (χ2n) is 16.9. The molecule has 0 aromatic carbocycles. The molecule has 0 aromatic heterocycles. The Morgan fingerprint density at radius 2 is 0.931 bits per heavy atom. The largest absolute Gasteiger partial charge is 0.462 e. The molecule has 342 valence electrons. The molecule has 0 amide bonds. The monoisotopic (exact) mass is 827 g/mol. The lowest BCUT2D eigenvalue weighted by Crippen LogP contribution is -2.59. The van der Waals surface area contributed by atoms with Crippen LogP contribution in [0.5, 0.6) is 0 Å². The van der Waals surface area contributed by atoms with Crippen LogP contribution >= 0.6 is 0 Å². The van der Waals surface area contributed by atoms with Gasteiger partial charge in [-0.3, -0.25) is 9.59 Å². The van der Waals surface area contributed by atoms with E-state index in [1.54, 1.807) is 0 Å². The van der Waals surface area contributed by atoms with E-state index < -0.39 is 49.4 Å². The first-order valence-corrected chi connectivity index (χ1v) is 24.3. The van der Waals surface area contributed by atoms with E-state index >= 15 is 0 Å². The third-order valence-electron chi connectivity index (χ3n) is 11.4. The van der Waals surface area contributed by atoms with Gasteiger partial charge in [0.25, 0.3) is 0 Å². The normalized spacial score (nSPS) is 20.1. The van der Waals surface area contributed by atoms with E-state index in [0.717, 1.165) is 32.1 Å². The number of aliphatic hydroxyl groups excluding tert-OH is 4. The van der Waals surface area contributed by atoms with Crippen LogP contribution in [0.3, 0.4) is 0 Å². The van der Waals surface area contributed by atoms with Crippen LogP contribution in [0.2, 0.25) is 0 Å². The highest BCUT2D eigenvalue weighted by Crippen LogP contribution is 2.23. The van der Waals surface area contributed by atoms with Gasteiger partial charge in [-0.25, -0.2) is 0 Å². The summed E-state index contributed by atoms with van der Waals surface area (Å²) >= 11 is 0. The molecular formula is C48H90O10. The van der Waals surface area contributed by atoms with Crippen LogP contribution in [0.25, 0.3) is 0 Å². The molecule has 1 fully saturated rings. The van der Waals surface area contributed by atoms with Gasteiger partial charge in [-0.05, 0) is 32.1 Å². The van der Waals surface area contributed by atoms with Crippen molar-refractivity contribution in [2.24, 2.45) is 0 Å². The quantitative estimate of drug-likeness (QED) is 0.0266. The number of unbranched alkanes of at least 4 members (excludes halogenated alkanes) is 28. The summed E-state index contributed by atoms with van der Waals surface area (Å²) in [7, 11) is 0. The minimum absolute atomic E-state index is 0.187. The summed E-state index contributed by atoms with van der Waals surface area (Å²) in [6.45, 7) is 3.41. The van der Waals surface area contributed by atoms with Crippen molar-refractivity contribution in [3.05, 3.63) is 12.2 Å². The van der Waals surface area contributed by atoms with E-state index in [4.69, 9.17) is 18.9 Å². The first kappa shape index (κ1) is 54.5. The fourth-order valence-electron chi connectivity index (χ4n) is 7.55. The Morgan fingerprint density at radius 3 is 1.40 bits per heavy atom. The Kier molecular flexibility index (Phi) is 37.2. The van der Waals surface area contributed by atoms with Crippen LogP contribution in [-0.2, 0) is 28.5 Å². The van der Waals surface area contributed by atoms with Gasteiger partial charge in [0.2, 0.25) is 0 Å². The minimum atomic E-state index is -1.59. The number of allylic oxidation sites excluding steroid dienone is 2. The summed E-state index contributed by atoms with van der Waals surface area (Å²) in [5, 5.41) is 40.1. The molecular weight excluding hydrogens is 737 g/mol. The number of hydrogen-bond acceptors (Lipinski definition) is 10. The van der Waals surface area contributed by atoms with Gasteiger partial charge in [0, 0.05) is 12.8 Å². The number of rotatable bonds is 41. The molecule has 6 atom stereocenters. The zero-order valence-corrected chi connectivity index (χ0v) is 37.3. The zero-order valence-electron chi connectivity index (χ0n) is 37.3. The Bertz CT molecular complexity index is 959. The highest BCUT2D eigenvalue weighted by molar-refractivity contribution is 5.70. The summed E-state index contributed by atoms with van der Waals surface area (Å²) in [4.78, 5) is 25.3. The van der Waals surface area contributed by atoms with Crippen molar-refractivity contribution < 1.29 is 49.0 Å². The van der Waals surface area contributed by atoms with Crippen molar-refractivity contribution >= 4 is 11.9 Å². The zero-order chi connectivity index (χ0) is 42.3. The Balaban J connectivity index is 2.24. The van der Waals surface area contributed by atoms with Crippen molar-refractivity contribution in [3.63, 3.8) is 0 Å². The fraction of sp³-hybridized carbons (Fsp3) is 0.917. The van der Waals surface area contributed by atoms with E-state index in [0.29, 0.717) is 6.42 Å². The molecule has 1 saturated heterocycles. The Morgan fingerprint density at radius 1 is 0.517 bits per heavy atom. The number of carbonyl (C=O) groups excluding carboxylic acids is 2. The summed E-state index contributed by atoms with van der Waals surface area (Å²) in [6.07, 6.45) is 35.3. The number of ether oxygens (including phenoxy) is 4. The van der Waals surface area contributed by atoms with Gasteiger partial charge < -0.3 is 39.4 Å². The van der Waals surface area contributed by atoms with E-state index in [-0.39, 0.29) is 32.0 Å². The molecule has 0 radical (unpaired) electrons. The average molecular weight is 827 g/mol. The van der Waals surface area contributed by atoms with Gasteiger partial charge in [0.05, 0.1) is 13.2 Å². The summed E-state index contributed by atoms with van der Waals surface area (Å²) < 4.78 is 22.1. The van der Waals surface area contributed by atoms with E-state index in [1.165, 1.54) is 161 Å². The lowest BCUT2D eigenvalue weighted by molar-refractivity contribution is -0.305. The van der Waals surface area contributed by atoms with Crippen LogP contribution < -0.4 is 0 Å². The van der Waals surface area contributed by atoms with E-state index in [2.05, 4.69) is 26.0 Å². The summed E-state index contributed by atoms with van der Waals surface area (Å²) in [5.41, 5.74) is 0. The Hall–Kier alpha value is -1.56. The highest BCUT2D eigenvalue weighted by atomic mass is 16.7. The maximum atomic E-state index is 12.8. The molecule has 1 rings (SSSR count). The van der Waals surface area contributed by atoms with Crippen molar-refractivity contribution in [2.45, 2.75) is 263 Å². The van der Waals surface area contributed by atoms with Crippen molar-refractivity contribution in [1.82, 2.24) is 0 Å². The van der Waals surface area contributed by atoms with Crippen molar-refractivity contribution in [3.8, 4) is 0 Å².